The number of pyridine rings is 1. The number of hydrogen-bond donors (Lipinski definition) is 1. The number of para-hydroxylation sites is 1. The molecular formula is C22H23N3O2. The molecule has 0 fully saturated rings. The maximum Gasteiger partial charge on any atom is 0.255 e. The minimum absolute atomic E-state index is 0.164. The van der Waals surface area contributed by atoms with Crippen LogP contribution in [0.5, 0.6) is 11.5 Å². The van der Waals surface area contributed by atoms with Gasteiger partial charge in [0.15, 0.2) is 0 Å². The lowest BCUT2D eigenvalue weighted by molar-refractivity contribution is 0.102. The van der Waals surface area contributed by atoms with Gasteiger partial charge >= 0.3 is 0 Å². The molecule has 1 heterocycles. The quantitative estimate of drug-likeness (QED) is 0.645. The first kappa shape index (κ1) is 18.5. The van der Waals surface area contributed by atoms with Gasteiger partial charge in [0, 0.05) is 30.5 Å². The first-order valence-electron chi connectivity index (χ1n) is 9.05. The van der Waals surface area contributed by atoms with Crippen LogP contribution in [0.3, 0.4) is 0 Å². The summed E-state index contributed by atoms with van der Waals surface area (Å²) in [5, 5.41) is 2.91. The van der Waals surface area contributed by atoms with E-state index in [4.69, 9.17) is 4.74 Å². The largest absolute Gasteiger partial charge is 0.457 e. The molecule has 1 amide bonds. The number of anilines is 2. The molecule has 0 unspecified atom stereocenters. The van der Waals surface area contributed by atoms with Crippen molar-refractivity contribution >= 4 is 17.4 Å². The molecule has 0 saturated heterocycles. The van der Waals surface area contributed by atoms with Crippen molar-refractivity contribution in [2.75, 3.05) is 23.3 Å². The molecule has 0 atom stereocenters. The monoisotopic (exact) mass is 361 g/mol. The fourth-order valence-electron chi connectivity index (χ4n) is 2.71. The SMILES string of the molecule is CCN(CC)c1cc(C(=O)Nc2ccc(Oc3ccccc3)cc2)ccn1. The highest BCUT2D eigenvalue weighted by atomic mass is 16.5. The summed E-state index contributed by atoms with van der Waals surface area (Å²) in [6.07, 6.45) is 1.67. The van der Waals surface area contributed by atoms with E-state index in [-0.39, 0.29) is 5.91 Å². The lowest BCUT2D eigenvalue weighted by Crippen LogP contribution is -2.23. The molecular weight excluding hydrogens is 338 g/mol. The van der Waals surface area contributed by atoms with Crippen molar-refractivity contribution in [2.45, 2.75) is 13.8 Å². The minimum Gasteiger partial charge on any atom is -0.457 e. The Balaban J connectivity index is 1.66. The summed E-state index contributed by atoms with van der Waals surface area (Å²) in [7, 11) is 0. The second-order valence-electron chi connectivity index (χ2n) is 5.97. The van der Waals surface area contributed by atoms with Gasteiger partial charge in [-0.05, 0) is 62.4 Å². The van der Waals surface area contributed by atoms with Crippen LogP contribution in [0.2, 0.25) is 0 Å². The molecule has 2 aromatic carbocycles. The number of benzene rings is 2. The third-order valence-electron chi connectivity index (χ3n) is 4.19. The standard InChI is InChI=1S/C22H23N3O2/c1-3-25(4-2)21-16-17(14-15-23-21)22(26)24-18-10-12-20(13-11-18)27-19-8-6-5-7-9-19/h5-16H,3-4H2,1-2H3,(H,24,26). The molecule has 0 aliphatic heterocycles. The third-order valence-corrected chi connectivity index (χ3v) is 4.19. The Morgan fingerprint density at radius 3 is 2.30 bits per heavy atom. The fourth-order valence-corrected chi connectivity index (χ4v) is 2.71. The van der Waals surface area contributed by atoms with E-state index in [0.29, 0.717) is 17.0 Å². The van der Waals surface area contributed by atoms with Crippen molar-refractivity contribution < 1.29 is 9.53 Å². The molecule has 1 N–H and O–H groups in total. The van der Waals surface area contributed by atoms with Crippen LogP contribution in [0.25, 0.3) is 0 Å². The third kappa shape index (κ3) is 4.85. The molecule has 0 spiro atoms. The van der Waals surface area contributed by atoms with Crippen LogP contribution >= 0.6 is 0 Å². The normalized spacial score (nSPS) is 10.3. The van der Waals surface area contributed by atoms with Gasteiger partial charge in [-0.25, -0.2) is 4.98 Å². The number of amides is 1. The molecule has 27 heavy (non-hydrogen) atoms. The molecule has 3 aromatic rings. The molecule has 5 nitrogen and oxygen atoms in total. The van der Waals surface area contributed by atoms with E-state index in [9.17, 15) is 4.79 Å². The van der Waals surface area contributed by atoms with Crippen LogP contribution in [-0.2, 0) is 0 Å². The van der Waals surface area contributed by atoms with Crippen LogP contribution in [0, 0.1) is 0 Å². The van der Waals surface area contributed by atoms with E-state index < -0.39 is 0 Å². The number of carbonyl (C=O) groups is 1. The topological polar surface area (TPSA) is 54.5 Å². The van der Waals surface area contributed by atoms with Crippen molar-refractivity contribution in [3.63, 3.8) is 0 Å². The van der Waals surface area contributed by atoms with Crippen molar-refractivity contribution in [3.05, 3.63) is 78.5 Å². The smallest absolute Gasteiger partial charge is 0.255 e. The van der Waals surface area contributed by atoms with Crippen molar-refractivity contribution in [1.29, 1.82) is 0 Å². The van der Waals surface area contributed by atoms with Gasteiger partial charge in [0.1, 0.15) is 17.3 Å². The Bertz CT molecular complexity index is 876. The highest BCUT2D eigenvalue weighted by molar-refractivity contribution is 6.04. The average Bonchev–Trinajstić information content (AvgIpc) is 2.71. The molecule has 3 rings (SSSR count). The highest BCUT2D eigenvalue weighted by Crippen LogP contribution is 2.23. The molecule has 0 saturated carbocycles. The summed E-state index contributed by atoms with van der Waals surface area (Å²) < 4.78 is 5.76. The lowest BCUT2D eigenvalue weighted by Gasteiger charge is -2.20. The van der Waals surface area contributed by atoms with Gasteiger partial charge in [0.05, 0.1) is 0 Å². The van der Waals surface area contributed by atoms with E-state index in [0.717, 1.165) is 24.7 Å². The highest BCUT2D eigenvalue weighted by Gasteiger charge is 2.10. The maximum atomic E-state index is 12.6. The van der Waals surface area contributed by atoms with Crippen LogP contribution < -0.4 is 15.0 Å². The van der Waals surface area contributed by atoms with Gasteiger partial charge in [-0.3, -0.25) is 4.79 Å². The predicted octanol–water partition coefficient (Wildman–Crippen LogP) is 4.97. The zero-order chi connectivity index (χ0) is 19.1. The Morgan fingerprint density at radius 2 is 1.63 bits per heavy atom. The second kappa shape index (κ2) is 8.85. The molecule has 0 bridgehead atoms. The number of ether oxygens (including phenoxy) is 1. The van der Waals surface area contributed by atoms with Gasteiger partial charge < -0.3 is 15.0 Å². The zero-order valence-electron chi connectivity index (χ0n) is 15.6. The number of hydrogen-bond acceptors (Lipinski definition) is 4. The lowest BCUT2D eigenvalue weighted by atomic mass is 10.2. The van der Waals surface area contributed by atoms with E-state index >= 15 is 0 Å². The van der Waals surface area contributed by atoms with Gasteiger partial charge in [0.25, 0.3) is 5.91 Å². The van der Waals surface area contributed by atoms with Gasteiger partial charge in [0.2, 0.25) is 0 Å². The van der Waals surface area contributed by atoms with E-state index in [1.54, 1.807) is 12.3 Å². The number of rotatable bonds is 7. The van der Waals surface area contributed by atoms with Gasteiger partial charge in [-0.2, -0.15) is 0 Å². The maximum absolute atomic E-state index is 12.6. The average molecular weight is 361 g/mol. The number of aromatic nitrogens is 1. The van der Waals surface area contributed by atoms with Gasteiger partial charge in [-0.15, -0.1) is 0 Å². The molecule has 5 heteroatoms. The summed E-state index contributed by atoms with van der Waals surface area (Å²) in [5.41, 5.74) is 1.29. The van der Waals surface area contributed by atoms with Crippen LogP contribution in [0.4, 0.5) is 11.5 Å². The Kier molecular flexibility index (Phi) is 6.05. The van der Waals surface area contributed by atoms with E-state index in [1.807, 2.05) is 60.7 Å². The molecule has 0 aliphatic carbocycles. The van der Waals surface area contributed by atoms with Crippen molar-refractivity contribution in [3.8, 4) is 11.5 Å². The van der Waals surface area contributed by atoms with Crippen molar-refractivity contribution in [1.82, 2.24) is 4.98 Å². The van der Waals surface area contributed by atoms with Crippen LogP contribution in [0.1, 0.15) is 24.2 Å². The molecule has 1 aromatic heterocycles. The van der Waals surface area contributed by atoms with Crippen LogP contribution in [0.15, 0.2) is 72.9 Å². The van der Waals surface area contributed by atoms with Crippen LogP contribution in [-0.4, -0.2) is 24.0 Å². The minimum atomic E-state index is -0.164. The van der Waals surface area contributed by atoms with Gasteiger partial charge in [-0.1, -0.05) is 18.2 Å². The molecule has 0 radical (unpaired) electrons. The fraction of sp³-hybridized carbons (Fsp3) is 0.182. The number of carbonyl (C=O) groups excluding carboxylic acids is 1. The second-order valence-corrected chi connectivity index (χ2v) is 5.97. The Morgan fingerprint density at radius 1 is 0.963 bits per heavy atom. The first-order valence-corrected chi connectivity index (χ1v) is 9.05. The first-order chi connectivity index (χ1) is 13.2. The summed E-state index contributed by atoms with van der Waals surface area (Å²) >= 11 is 0. The zero-order valence-corrected chi connectivity index (χ0v) is 15.6. The number of nitrogens with zero attached hydrogens (tertiary/aromatic N) is 2. The van der Waals surface area contributed by atoms with E-state index in [2.05, 4.69) is 29.0 Å². The Labute approximate surface area is 159 Å². The van der Waals surface area contributed by atoms with E-state index in [1.165, 1.54) is 0 Å². The summed E-state index contributed by atoms with van der Waals surface area (Å²) in [6.45, 7) is 5.82. The summed E-state index contributed by atoms with van der Waals surface area (Å²) in [4.78, 5) is 19.0. The predicted molar refractivity (Wildman–Crippen MR) is 109 cm³/mol. The summed E-state index contributed by atoms with van der Waals surface area (Å²) in [5.74, 6) is 2.13. The molecule has 138 valence electrons. The number of nitrogens with one attached hydrogen (secondary N) is 1. The molecule has 0 aliphatic rings. The van der Waals surface area contributed by atoms with Crippen molar-refractivity contribution in [2.24, 2.45) is 0 Å². The Hall–Kier alpha value is -3.34. The summed E-state index contributed by atoms with van der Waals surface area (Å²) in [6, 6.07) is 20.4.